The van der Waals surface area contributed by atoms with E-state index in [9.17, 15) is 4.79 Å². The molecular formula is C17H25NO2. The normalized spacial score (nSPS) is 17.6. The first kappa shape index (κ1) is 15.0. The Bertz CT molecular complexity index is 399. The largest absolute Gasteiger partial charge is 0.464 e. The fourth-order valence-electron chi connectivity index (χ4n) is 2.81. The zero-order valence-electron chi connectivity index (χ0n) is 12.3. The second kappa shape index (κ2) is 8.05. The molecule has 1 fully saturated rings. The van der Waals surface area contributed by atoms with Crippen molar-refractivity contribution in [3.63, 3.8) is 0 Å². The average molecular weight is 275 g/mol. The fraction of sp³-hybridized carbons (Fsp3) is 0.588. The summed E-state index contributed by atoms with van der Waals surface area (Å²) >= 11 is 0. The maximum atomic E-state index is 12.1. The predicted molar refractivity (Wildman–Crippen MR) is 80.5 cm³/mol. The third-order valence-corrected chi connectivity index (χ3v) is 4.10. The van der Waals surface area contributed by atoms with Gasteiger partial charge >= 0.3 is 5.97 Å². The van der Waals surface area contributed by atoms with Crippen molar-refractivity contribution >= 4 is 5.97 Å². The summed E-state index contributed by atoms with van der Waals surface area (Å²) in [5.74, 6) is 0.448. The SMILES string of the molecule is CNC(Cc1ccccc1)C(=O)OCC1CCCCC1. The Labute approximate surface area is 121 Å². The first-order valence-corrected chi connectivity index (χ1v) is 7.67. The predicted octanol–water partition coefficient (Wildman–Crippen LogP) is 2.94. The molecule has 1 aliphatic carbocycles. The third-order valence-electron chi connectivity index (χ3n) is 4.10. The molecule has 1 N–H and O–H groups in total. The number of carbonyl (C=O) groups is 1. The van der Waals surface area contributed by atoms with Crippen molar-refractivity contribution in [2.24, 2.45) is 5.92 Å². The highest BCUT2D eigenvalue weighted by atomic mass is 16.5. The highest BCUT2D eigenvalue weighted by Gasteiger charge is 2.21. The van der Waals surface area contributed by atoms with Crippen molar-refractivity contribution in [2.75, 3.05) is 13.7 Å². The van der Waals surface area contributed by atoms with Gasteiger partial charge in [-0.2, -0.15) is 0 Å². The zero-order valence-corrected chi connectivity index (χ0v) is 12.3. The van der Waals surface area contributed by atoms with Crippen molar-refractivity contribution < 1.29 is 9.53 Å². The Kier molecular flexibility index (Phi) is 6.06. The van der Waals surface area contributed by atoms with Crippen LogP contribution in [-0.4, -0.2) is 25.7 Å². The Morgan fingerprint density at radius 1 is 1.25 bits per heavy atom. The van der Waals surface area contributed by atoms with Gasteiger partial charge in [-0.3, -0.25) is 4.79 Å². The number of hydrogen-bond donors (Lipinski definition) is 1. The van der Waals surface area contributed by atoms with E-state index in [1.807, 2.05) is 37.4 Å². The second-order valence-electron chi connectivity index (χ2n) is 5.67. The number of nitrogens with one attached hydrogen (secondary N) is 1. The number of carbonyl (C=O) groups excluding carboxylic acids is 1. The van der Waals surface area contributed by atoms with E-state index in [2.05, 4.69) is 5.32 Å². The van der Waals surface area contributed by atoms with Crippen LogP contribution in [0.4, 0.5) is 0 Å². The van der Waals surface area contributed by atoms with Gasteiger partial charge in [0.05, 0.1) is 6.61 Å². The molecule has 1 unspecified atom stereocenters. The van der Waals surface area contributed by atoms with Crippen molar-refractivity contribution in [2.45, 2.75) is 44.6 Å². The molecule has 20 heavy (non-hydrogen) atoms. The third kappa shape index (κ3) is 4.64. The van der Waals surface area contributed by atoms with E-state index >= 15 is 0 Å². The summed E-state index contributed by atoms with van der Waals surface area (Å²) in [6, 6.07) is 9.81. The fourth-order valence-corrected chi connectivity index (χ4v) is 2.81. The summed E-state index contributed by atoms with van der Waals surface area (Å²) < 4.78 is 5.51. The number of rotatable bonds is 6. The Hall–Kier alpha value is -1.35. The van der Waals surface area contributed by atoms with Crippen molar-refractivity contribution in [3.05, 3.63) is 35.9 Å². The minimum atomic E-state index is -0.249. The van der Waals surface area contributed by atoms with E-state index in [-0.39, 0.29) is 12.0 Å². The molecule has 0 spiro atoms. The van der Waals surface area contributed by atoms with Gasteiger partial charge in [-0.05, 0) is 37.8 Å². The molecule has 3 heteroatoms. The molecule has 0 amide bonds. The topological polar surface area (TPSA) is 38.3 Å². The molecule has 0 bridgehead atoms. The number of hydrogen-bond acceptors (Lipinski definition) is 3. The van der Waals surface area contributed by atoms with Gasteiger partial charge in [-0.25, -0.2) is 0 Å². The first-order valence-electron chi connectivity index (χ1n) is 7.67. The van der Waals surface area contributed by atoms with Crippen molar-refractivity contribution in [3.8, 4) is 0 Å². The number of esters is 1. The van der Waals surface area contributed by atoms with E-state index in [1.165, 1.54) is 32.1 Å². The first-order chi connectivity index (χ1) is 9.79. The van der Waals surface area contributed by atoms with Crippen molar-refractivity contribution in [1.82, 2.24) is 5.32 Å². The second-order valence-corrected chi connectivity index (χ2v) is 5.67. The Morgan fingerprint density at radius 3 is 2.60 bits per heavy atom. The van der Waals surface area contributed by atoms with Gasteiger partial charge in [0.25, 0.3) is 0 Å². The molecule has 0 aromatic heterocycles. The minimum Gasteiger partial charge on any atom is -0.464 e. The highest BCUT2D eigenvalue weighted by molar-refractivity contribution is 5.76. The van der Waals surface area contributed by atoms with E-state index < -0.39 is 0 Å². The van der Waals surface area contributed by atoms with Crippen LogP contribution < -0.4 is 5.32 Å². The van der Waals surface area contributed by atoms with Crippen molar-refractivity contribution in [1.29, 1.82) is 0 Å². The standard InChI is InChI=1S/C17H25NO2/c1-18-16(12-14-8-4-2-5-9-14)17(19)20-13-15-10-6-3-7-11-15/h2,4-5,8-9,15-16,18H,3,6-7,10-13H2,1H3. The van der Waals surface area contributed by atoms with Gasteiger partial charge in [0, 0.05) is 0 Å². The van der Waals surface area contributed by atoms with Gasteiger partial charge in [0.2, 0.25) is 0 Å². The maximum absolute atomic E-state index is 12.1. The molecule has 1 saturated carbocycles. The molecule has 0 aliphatic heterocycles. The van der Waals surface area contributed by atoms with E-state index in [0.29, 0.717) is 18.9 Å². The molecule has 1 aromatic rings. The summed E-state index contributed by atoms with van der Waals surface area (Å²) in [6.07, 6.45) is 6.98. The molecule has 1 atom stereocenters. The summed E-state index contributed by atoms with van der Waals surface area (Å²) in [6.45, 7) is 0.589. The highest BCUT2D eigenvalue weighted by Crippen LogP contribution is 2.23. The van der Waals surface area contributed by atoms with Gasteiger partial charge < -0.3 is 10.1 Å². The van der Waals surface area contributed by atoms with Crippen LogP contribution in [0.25, 0.3) is 0 Å². The molecule has 1 aliphatic rings. The van der Waals surface area contributed by atoms with Gasteiger partial charge in [0.1, 0.15) is 6.04 Å². The van der Waals surface area contributed by atoms with Crippen LogP contribution in [0.5, 0.6) is 0 Å². The van der Waals surface area contributed by atoms with Crippen LogP contribution in [0.1, 0.15) is 37.7 Å². The molecule has 110 valence electrons. The average Bonchev–Trinajstić information content (AvgIpc) is 2.52. The lowest BCUT2D eigenvalue weighted by molar-refractivity contribution is -0.147. The molecular weight excluding hydrogens is 250 g/mol. The minimum absolute atomic E-state index is 0.123. The van der Waals surface area contributed by atoms with Crippen LogP contribution in [0.3, 0.4) is 0 Å². The molecule has 0 radical (unpaired) electrons. The lowest BCUT2D eigenvalue weighted by atomic mass is 9.90. The number of ether oxygens (including phenoxy) is 1. The quantitative estimate of drug-likeness (QED) is 0.811. The maximum Gasteiger partial charge on any atom is 0.323 e. The van der Waals surface area contributed by atoms with Gasteiger partial charge in [-0.1, -0.05) is 49.6 Å². The smallest absolute Gasteiger partial charge is 0.323 e. The summed E-state index contributed by atoms with van der Waals surface area (Å²) in [5.41, 5.74) is 1.15. The summed E-state index contributed by atoms with van der Waals surface area (Å²) in [7, 11) is 1.81. The van der Waals surface area contributed by atoms with E-state index in [4.69, 9.17) is 4.74 Å². The monoisotopic (exact) mass is 275 g/mol. The molecule has 0 saturated heterocycles. The lowest BCUT2D eigenvalue weighted by Gasteiger charge is -2.22. The summed E-state index contributed by atoms with van der Waals surface area (Å²) in [5, 5.41) is 3.06. The summed E-state index contributed by atoms with van der Waals surface area (Å²) in [4.78, 5) is 12.1. The van der Waals surface area contributed by atoms with Crippen LogP contribution >= 0.6 is 0 Å². The van der Waals surface area contributed by atoms with Crippen LogP contribution in [0.15, 0.2) is 30.3 Å². The van der Waals surface area contributed by atoms with Crippen LogP contribution in [-0.2, 0) is 16.0 Å². The number of likely N-dealkylation sites (N-methyl/N-ethyl adjacent to an activating group) is 1. The molecule has 1 aromatic carbocycles. The molecule has 0 heterocycles. The number of benzene rings is 1. The Morgan fingerprint density at radius 2 is 1.95 bits per heavy atom. The van der Waals surface area contributed by atoms with E-state index in [1.54, 1.807) is 0 Å². The van der Waals surface area contributed by atoms with Gasteiger partial charge in [0.15, 0.2) is 0 Å². The van der Waals surface area contributed by atoms with Crippen LogP contribution in [0, 0.1) is 5.92 Å². The van der Waals surface area contributed by atoms with Crippen LogP contribution in [0.2, 0.25) is 0 Å². The van der Waals surface area contributed by atoms with Gasteiger partial charge in [-0.15, -0.1) is 0 Å². The van der Waals surface area contributed by atoms with E-state index in [0.717, 1.165) is 5.56 Å². The Balaban J connectivity index is 1.79. The molecule has 3 nitrogen and oxygen atoms in total. The lowest BCUT2D eigenvalue weighted by Crippen LogP contribution is -2.38. The zero-order chi connectivity index (χ0) is 14.2. The molecule has 2 rings (SSSR count).